The van der Waals surface area contributed by atoms with Gasteiger partial charge in [-0.15, -0.1) is 0 Å². The second kappa shape index (κ2) is 4.09. The number of carbonyl (C=O) groups is 1. The molecule has 0 saturated heterocycles. The highest BCUT2D eigenvalue weighted by atomic mass is 16.2. The van der Waals surface area contributed by atoms with Gasteiger partial charge in [0.05, 0.1) is 0 Å². The first-order chi connectivity index (χ1) is 7.27. The fraction of sp³-hybridized carbons (Fsp3) is 0.583. The Balaban J connectivity index is 2.23. The first-order valence-electron chi connectivity index (χ1n) is 5.74. The van der Waals surface area contributed by atoms with E-state index in [1.165, 1.54) is 0 Å². The number of nitrogens with zero attached hydrogens (tertiary/aromatic N) is 2. The van der Waals surface area contributed by atoms with E-state index < -0.39 is 0 Å². The van der Waals surface area contributed by atoms with Gasteiger partial charge >= 0.3 is 0 Å². The molecule has 0 saturated carbocycles. The van der Waals surface area contributed by atoms with E-state index in [0.717, 1.165) is 31.6 Å². The van der Waals surface area contributed by atoms with E-state index in [4.69, 9.17) is 0 Å². The molecule has 0 atom stereocenters. The normalized spacial score (nSPS) is 15.9. The standard InChI is InChI=1S/C12H18N2O/c1-3-10(4-2)14-9-8-13-7-5-6-11(13)12(14)15/h5-7,10H,3-4,8-9H2,1-2H3. The van der Waals surface area contributed by atoms with E-state index in [1.807, 2.05) is 27.8 Å². The number of rotatable bonds is 3. The van der Waals surface area contributed by atoms with Crippen LogP contribution >= 0.6 is 0 Å². The van der Waals surface area contributed by atoms with Crippen molar-refractivity contribution < 1.29 is 4.79 Å². The molecular formula is C12H18N2O. The quantitative estimate of drug-likeness (QED) is 0.743. The van der Waals surface area contributed by atoms with Crippen LogP contribution in [0.15, 0.2) is 18.3 Å². The zero-order valence-electron chi connectivity index (χ0n) is 9.44. The molecule has 1 aromatic rings. The summed E-state index contributed by atoms with van der Waals surface area (Å²) >= 11 is 0. The van der Waals surface area contributed by atoms with Gasteiger partial charge in [0.15, 0.2) is 0 Å². The van der Waals surface area contributed by atoms with Crippen molar-refractivity contribution in [1.29, 1.82) is 0 Å². The molecule has 0 unspecified atom stereocenters. The Labute approximate surface area is 90.7 Å². The molecule has 0 radical (unpaired) electrons. The summed E-state index contributed by atoms with van der Waals surface area (Å²) in [5.74, 6) is 0.194. The van der Waals surface area contributed by atoms with Crippen LogP contribution in [0.1, 0.15) is 37.2 Å². The number of aromatic nitrogens is 1. The molecule has 1 aliphatic rings. The van der Waals surface area contributed by atoms with Crippen molar-refractivity contribution in [2.24, 2.45) is 0 Å². The predicted octanol–water partition coefficient (Wildman–Crippen LogP) is 2.13. The highest BCUT2D eigenvalue weighted by Gasteiger charge is 2.27. The van der Waals surface area contributed by atoms with Crippen LogP contribution in [0.25, 0.3) is 0 Å². The molecule has 0 bridgehead atoms. The third-order valence-corrected chi connectivity index (χ3v) is 3.27. The molecule has 0 aromatic carbocycles. The van der Waals surface area contributed by atoms with Gasteiger partial charge in [0, 0.05) is 25.3 Å². The minimum atomic E-state index is 0.194. The van der Waals surface area contributed by atoms with Crippen LogP contribution < -0.4 is 0 Å². The Morgan fingerprint density at radius 2 is 2.07 bits per heavy atom. The molecule has 0 fully saturated rings. The van der Waals surface area contributed by atoms with Crippen LogP contribution in [0.3, 0.4) is 0 Å². The third-order valence-electron chi connectivity index (χ3n) is 3.27. The van der Waals surface area contributed by atoms with Crippen molar-refractivity contribution >= 4 is 5.91 Å². The van der Waals surface area contributed by atoms with Gasteiger partial charge in [-0.25, -0.2) is 0 Å². The summed E-state index contributed by atoms with van der Waals surface area (Å²) < 4.78 is 2.04. The van der Waals surface area contributed by atoms with Crippen molar-refractivity contribution in [3.63, 3.8) is 0 Å². The molecular weight excluding hydrogens is 188 g/mol. The van der Waals surface area contributed by atoms with Crippen LogP contribution in [0.2, 0.25) is 0 Å². The molecule has 1 amide bonds. The SMILES string of the molecule is CCC(CC)N1CCn2cccc2C1=O. The third kappa shape index (κ3) is 1.66. The highest BCUT2D eigenvalue weighted by Crippen LogP contribution is 2.18. The largest absolute Gasteiger partial charge is 0.342 e. The van der Waals surface area contributed by atoms with Crippen LogP contribution in [-0.2, 0) is 6.54 Å². The minimum Gasteiger partial charge on any atom is -0.342 e. The molecule has 1 aromatic heterocycles. The van der Waals surface area contributed by atoms with Gasteiger partial charge in [0.25, 0.3) is 5.91 Å². The molecule has 15 heavy (non-hydrogen) atoms. The zero-order valence-corrected chi connectivity index (χ0v) is 9.44. The Morgan fingerprint density at radius 1 is 1.33 bits per heavy atom. The lowest BCUT2D eigenvalue weighted by molar-refractivity contribution is 0.0607. The molecule has 0 spiro atoms. The van der Waals surface area contributed by atoms with Crippen LogP contribution in [0.5, 0.6) is 0 Å². The van der Waals surface area contributed by atoms with Gasteiger partial charge in [0.2, 0.25) is 0 Å². The van der Waals surface area contributed by atoms with Crippen LogP contribution in [0.4, 0.5) is 0 Å². The average molecular weight is 206 g/mol. The number of carbonyl (C=O) groups excluding carboxylic acids is 1. The van der Waals surface area contributed by atoms with E-state index in [-0.39, 0.29) is 5.91 Å². The van der Waals surface area contributed by atoms with Crippen molar-refractivity contribution in [3.05, 3.63) is 24.0 Å². The van der Waals surface area contributed by atoms with Crippen molar-refractivity contribution in [1.82, 2.24) is 9.47 Å². The summed E-state index contributed by atoms with van der Waals surface area (Å²) in [7, 11) is 0. The molecule has 3 nitrogen and oxygen atoms in total. The molecule has 1 aliphatic heterocycles. The average Bonchev–Trinajstić information content (AvgIpc) is 2.71. The number of hydrogen-bond acceptors (Lipinski definition) is 1. The second-order valence-corrected chi connectivity index (χ2v) is 4.06. The van der Waals surface area contributed by atoms with Gasteiger partial charge in [-0.3, -0.25) is 4.79 Å². The number of fused-ring (bicyclic) bond motifs is 1. The lowest BCUT2D eigenvalue weighted by Crippen LogP contribution is -2.45. The Kier molecular flexibility index (Phi) is 2.80. The van der Waals surface area contributed by atoms with E-state index in [2.05, 4.69) is 13.8 Å². The fourth-order valence-corrected chi connectivity index (χ4v) is 2.35. The molecule has 0 N–H and O–H groups in total. The second-order valence-electron chi connectivity index (χ2n) is 4.06. The Hall–Kier alpha value is -1.25. The lowest BCUT2D eigenvalue weighted by atomic mass is 10.1. The number of hydrogen-bond donors (Lipinski definition) is 0. The Bertz CT molecular complexity index is 352. The lowest BCUT2D eigenvalue weighted by Gasteiger charge is -2.34. The van der Waals surface area contributed by atoms with E-state index >= 15 is 0 Å². The minimum absolute atomic E-state index is 0.194. The summed E-state index contributed by atoms with van der Waals surface area (Å²) in [6.07, 6.45) is 4.07. The maximum Gasteiger partial charge on any atom is 0.270 e. The van der Waals surface area contributed by atoms with Crippen LogP contribution in [0, 0.1) is 0 Å². The van der Waals surface area contributed by atoms with E-state index in [9.17, 15) is 4.79 Å². The van der Waals surface area contributed by atoms with Crippen LogP contribution in [-0.4, -0.2) is 28.0 Å². The topological polar surface area (TPSA) is 25.2 Å². The van der Waals surface area contributed by atoms with Gasteiger partial charge in [0.1, 0.15) is 5.69 Å². The molecule has 2 heterocycles. The van der Waals surface area contributed by atoms with Crippen molar-refractivity contribution in [3.8, 4) is 0 Å². The predicted molar refractivity (Wildman–Crippen MR) is 59.8 cm³/mol. The van der Waals surface area contributed by atoms with Crippen molar-refractivity contribution in [2.75, 3.05) is 6.54 Å². The van der Waals surface area contributed by atoms with Crippen molar-refractivity contribution in [2.45, 2.75) is 39.3 Å². The molecule has 2 rings (SSSR count). The van der Waals surface area contributed by atoms with Gasteiger partial charge in [-0.1, -0.05) is 13.8 Å². The maximum absolute atomic E-state index is 12.1. The summed E-state index contributed by atoms with van der Waals surface area (Å²) in [5, 5.41) is 0. The molecule has 82 valence electrons. The maximum atomic E-state index is 12.1. The first-order valence-corrected chi connectivity index (χ1v) is 5.74. The van der Waals surface area contributed by atoms with Gasteiger partial charge < -0.3 is 9.47 Å². The summed E-state index contributed by atoms with van der Waals surface area (Å²) in [4.78, 5) is 14.2. The summed E-state index contributed by atoms with van der Waals surface area (Å²) in [6, 6.07) is 4.27. The van der Waals surface area contributed by atoms with E-state index in [0.29, 0.717) is 6.04 Å². The molecule has 0 aliphatic carbocycles. The first kappa shape index (κ1) is 10.3. The molecule has 3 heteroatoms. The Morgan fingerprint density at radius 3 is 2.73 bits per heavy atom. The summed E-state index contributed by atoms with van der Waals surface area (Å²) in [6.45, 7) is 6.08. The summed E-state index contributed by atoms with van der Waals surface area (Å²) in [5.41, 5.74) is 0.841. The fourth-order valence-electron chi connectivity index (χ4n) is 2.35. The van der Waals surface area contributed by atoms with Gasteiger partial charge in [-0.2, -0.15) is 0 Å². The highest BCUT2D eigenvalue weighted by molar-refractivity contribution is 5.93. The van der Waals surface area contributed by atoms with E-state index in [1.54, 1.807) is 0 Å². The monoisotopic (exact) mass is 206 g/mol. The van der Waals surface area contributed by atoms with Gasteiger partial charge in [-0.05, 0) is 25.0 Å². The smallest absolute Gasteiger partial charge is 0.270 e. The number of amides is 1. The zero-order chi connectivity index (χ0) is 10.8.